The number of hydrogen-bond acceptors (Lipinski definition) is 2. The summed E-state index contributed by atoms with van der Waals surface area (Å²) < 4.78 is 5.43. The maximum Gasteiger partial charge on any atom is 0.326 e. The van der Waals surface area contributed by atoms with Crippen LogP contribution < -0.4 is 4.74 Å². The Balaban J connectivity index is 2.25. The molecule has 2 aromatic carbocycles. The lowest BCUT2D eigenvalue weighted by Gasteiger charge is -2.21. The van der Waals surface area contributed by atoms with Crippen LogP contribution in [0, 0.1) is 13.8 Å². The van der Waals surface area contributed by atoms with Crippen LogP contribution >= 0.6 is 0 Å². The van der Waals surface area contributed by atoms with E-state index in [1.807, 2.05) is 57.2 Å². The molecule has 2 nitrogen and oxygen atoms in total. The standard InChI is InChI=1S/C17H16O2/c1-11-5-4-6-13(9-11)17(3)14-10-12(2)7-8-15(14)19-16(17)18/h4-10H,1-3H3/t17-/m1/s1. The Morgan fingerprint density at radius 3 is 2.47 bits per heavy atom. The molecule has 0 fully saturated rings. The second-order valence-electron chi connectivity index (χ2n) is 5.38. The zero-order chi connectivity index (χ0) is 13.6. The number of hydrogen-bond donors (Lipinski definition) is 0. The smallest absolute Gasteiger partial charge is 0.326 e. The third kappa shape index (κ3) is 1.67. The topological polar surface area (TPSA) is 26.3 Å². The number of carbonyl (C=O) groups is 1. The lowest BCUT2D eigenvalue weighted by atomic mass is 9.76. The van der Waals surface area contributed by atoms with E-state index in [0.29, 0.717) is 5.75 Å². The van der Waals surface area contributed by atoms with Crippen molar-refractivity contribution in [3.63, 3.8) is 0 Å². The molecule has 0 amide bonds. The lowest BCUT2D eigenvalue weighted by Crippen LogP contribution is -2.31. The Bertz CT molecular complexity index is 673. The Hall–Kier alpha value is -2.09. The molecule has 0 unspecified atom stereocenters. The van der Waals surface area contributed by atoms with E-state index in [0.717, 1.165) is 22.3 Å². The second-order valence-corrected chi connectivity index (χ2v) is 5.38. The van der Waals surface area contributed by atoms with Crippen LogP contribution in [0.1, 0.15) is 29.2 Å². The molecule has 2 heteroatoms. The monoisotopic (exact) mass is 252 g/mol. The van der Waals surface area contributed by atoms with Crippen molar-refractivity contribution in [3.8, 4) is 5.75 Å². The summed E-state index contributed by atoms with van der Waals surface area (Å²) >= 11 is 0. The number of aryl methyl sites for hydroxylation is 2. The van der Waals surface area contributed by atoms with Crippen LogP contribution in [0.4, 0.5) is 0 Å². The van der Waals surface area contributed by atoms with Crippen molar-refractivity contribution in [1.29, 1.82) is 0 Å². The summed E-state index contributed by atoms with van der Waals surface area (Å²) in [5.74, 6) is 0.485. The Morgan fingerprint density at radius 1 is 1.00 bits per heavy atom. The molecule has 1 aliphatic rings. The quantitative estimate of drug-likeness (QED) is 0.573. The normalized spacial score (nSPS) is 21.1. The molecule has 19 heavy (non-hydrogen) atoms. The molecule has 0 saturated carbocycles. The molecule has 0 bridgehead atoms. The Kier molecular flexibility index (Phi) is 2.49. The third-order valence-electron chi connectivity index (χ3n) is 3.88. The first-order chi connectivity index (χ1) is 9.01. The molecule has 0 saturated heterocycles. The van der Waals surface area contributed by atoms with Crippen molar-refractivity contribution in [2.24, 2.45) is 0 Å². The van der Waals surface area contributed by atoms with Crippen molar-refractivity contribution in [3.05, 3.63) is 64.7 Å². The van der Waals surface area contributed by atoms with Gasteiger partial charge in [0.05, 0.1) is 0 Å². The van der Waals surface area contributed by atoms with Crippen molar-refractivity contribution >= 4 is 5.97 Å². The van der Waals surface area contributed by atoms with Gasteiger partial charge in [-0.2, -0.15) is 0 Å². The highest BCUT2D eigenvalue weighted by molar-refractivity contribution is 5.94. The van der Waals surface area contributed by atoms with Crippen molar-refractivity contribution < 1.29 is 9.53 Å². The average molecular weight is 252 g/mol. The van der Waals surface area contributed by atoms with Crippen LogP contribution in [0.25, 0.3) is 0 Å². The third-order valence-corrected chi connectivity index (χ3v) is 3.88. The van der Waals surface area contributed by atoms with Gasteiger partial charge in [0, 0.05) is 5.56 Å². The van der Waals surface area contributed by atoms with Gasteiger partial charge in [-0.3, -0.25) is 4.79 Å². The summed E-state index contributed by atoms with van der Waals surface area (Å²) in [7, 11) is 0. The van der Waals surface area contributed by atoms with Crippen LogP contribution in [-0.4, -0.2) is 5.97 Å². The van der Waals surface area contributed by atoms with Gasteiger partial charge in [0.25, 0.3) is 0 Å². The van der Waals surface area contributed by atoms with Crippen LogP contribution in [0.5, 0.6) is 5.75 Å². The number of rotatable bonds is 1. The van der Waals surface area contributed by atoms with E-state index in [1.54, 1.807) is 0 Å². The molecule has 0 spiro atoms. The SMILES string of the molecule is Cc1cccc([C@@]2(C)C(=O)Oc3ccc(C)cc32)c1. The van der Waals surface area contributed by atoms with E-state index in [4.69, 9.17) is 4.74 Å². The molecular formula is C17H16O2. The fourth-order valence-electron chi connectivity index (χ4n) is 2.66. The summed E-state index contributed by atoms with van der Waals surface area (Å²) in [5, 5.41) is 0. The summed E-state index contributed by atoms with van der Waals surface area (Å²) in [6.07, 6.45) is 0. The molecule has 1 aliphatic heterocycles. The highest BCUT2D eigenvalue weighted by atomic mass is 16.5. The van der Waals surface area contributed by atoms with Gasteiger partial charge in [-0.15, -0.1) is 0 Å². The van der Waals surface area contributed by atoms with Crippen molar-refractivity contribution in [2.75, 3.05) is 0 Å². The van der Waals surface area contributed by atoms with Gasteiger partial charge in [-0.05, 0) is 32.4 Å². The van der Waals surface area contributed by atoms with Crippen LogP contribution in [-0.2, 0) is 10.2 Å². The van der Waals surface area contributed by atoms with Gasteiger partial charge in [-0.1, -0.05) is 47.5 Å². The zero-order valence-electron chi connectivity index (χ0n) is 11.4. The van der Waals surface area contributed by atoms with E-state index in [-0.39, 0.29) is 5.97 Å². The second kappa shape index (κ2) is 3.95. The van der Waals surface area contributed by atoms with E-state index in [9.17, 15) is 4.79 Å². The minimum absolute atomic E-state index is 0.196. The molecule has 96 valence electrons. The summed E-state index contributed by atoms with van der Waals surface area (Å²) in [4.78, 5) is 12.4. The van der Waals surface area contributed by atoms with Crippen molar-refractivity contribution in [1.82, 2.24) is 0 Å². The fraction of sp³-hybridized carbons (Fsp3) is 0.235. The van der Waals surface area contributed by atoms with Gasteiger partial charge < -0.3 is 4.74 Å². The first kappa shape index (κ1) is 12.0. The minimum Gasteiger partial charge on any atom is -0.425 e. The zero-order valence-corrected chi connectivity index (χ0v) is 11.4. The first-order valence-electron chi connectivity index (χ1n) is 6.42. The number of ether oxygens (including phenoxy) is 1. The van der Waals surface area contributed by atoms with E-state index in [1.165, 1.54) is 0 Å². The van der Waals surface area contributed by atoms with Gasteiger partial charge in [0.2, 0.25) is 0 Å². The molecule has 0 radical (unpaired) electrons. The highest BCUT2D eigenvalue weighted by Gasteiger charge is 2.46. The summed E-state index contributed by atoms with van der Waals surface area (Å²) in [6.45, 7) is 6.00. The lowest BCUT2D eigenvalue weighted by molar-refractivity contribution is -0.136. The molecule has 1 heterocycles. The number of fused-ring (bicyclic) bond motifs is 1. The molecule has 3 rings (SSSR count). The molecule has 0 aromatic heterocycles. The van der Waals surface area contributed by atoms with E-state index >= 15 is 0 Å². The molecule has 2 aromatic rings. The fourth-order valence-corrected chi connectivity index (χ4v) is 2.66. The number of carbonyl (C=O) groups excluding carboxylic acids is 1. The van der Waals surface area contributed by atoms with Crippen molar-refractivity contribution in [2.45, 2.75) is 26.2 Å². The summed E-state index contributed by atoms with van der Waals surface area (Å²) in [5.41, 5.74) is 3.53. The Labute approximate surface area is 113 Å². The maximum atomic E-state index is 12.4. The Morgan fingerprint density at radius 2 is 1.74 bits per heavy atom. The molecule has 1 atom stereocenters. The highest BCUT2D eigenvalue weighted by Crippen LogP contribution is 2.44. The predicted molar refractivity (Wildman–Crippen MR) is 74.4 cm³/mol. The van der Waals surface area contributed by atoms with Gasteiger partial charge in [-0.25, -0.2) is 0 Å². The first-order valence-corrected chi connectivity index (χ1v) is 6.42. The predicted octanol–water partition coefficient (Wildman–Crippen LogP) is 3.53. The van der Waals surface area contributed by atoms with E-state index in [2.05, 4.69) is 6.07 Å². The van der Waals surface area contributed by atoms with Crippen LogP contribution in [0.15, 0.2) is 42.5 Å². The van der Waals surface area contributed by atoms with Gasteiger partial charge in [0.15, 0.2) is 0 Å². The van der Waals surface area contributed by atoms with Crippen LogP contribution in [0.3, 0.4) is 0 Å². The van der Waals surface area contributed by atoms with E-state index < -0.39 is 5.41 Å². The molecular weight excluding hydrogens is 236 g/mol. The van der Waals surface area contributed by atoms with Gasteiger partial charge >= 0.3 is 5.97 Å². The summed E-state index contributed by atoms with van der Waals surface area (Å²) in [6, 6.07) is 14.0. The number of benzene rings is 2. The van der Waals surface area contributed by atoms with Gasteiger partial charge in [0.1, 0.15) is 11.2 Å². The van der Waals surface area contributed by atoms with Crippen LogP contribution in [0.2, 0.25) is 0 Å². The number of esters is 1. The molecule has 0 aliphatic carbocycles. The largest absolute Gasteiger partial charge is 0.425 e. The average Bonchev–Trinajstić information content (AvgIpc) is 2.63. The minimum atomic E-state index is -0.701. The molecule has 0 N–H and O–H groups in total. The maximum absolute atomic E-state index is 12.4.